The van der Waals surface area contributed by atoms with Crippen molar-refractivity contribution in [2.24, 2.45) is 34.5 Å². The molecule has 3 saturated carbocycles. The molecule has 0 amide bonds. The molecule has 2 heteroatoms. The monoisotopic (exact) mass is 569 g/mol. The van der Waals surface area contributed by atoms with E-state index >= 15 is 0 Å². The van der Waals surface area contributed by atoms with Crippen LogP contribution in [0.1, 0.15) is 188 Å². The number of carbonyl (C=O) groups is 1. The second kappa shape index (κ2) is 16.3. The fourth-order valence-corrected chi connectivity index (χ4v) is 10.3. The number of unbranched alkanes of at least 4 members (excludes halogenated alkanes) is 13. The summed E-state index contributed by atoms with van der Waals surface area (Å²) in [6.45, 7) is 9.90. The Bertz CT molecular complexity index is 814. The van der Waals surface area contributed by atoms with Gasteiger partial charge in [0.1, 0.15) is 6.10 Å². The third kappa shape index (κ3) is 8.44. The van der Waals surface area contributed by atoms with Crippen molar-refractivity contribution in [1.82, 2.24) is 0 Å². The van der Waals surface area contributed by atoms with Gasteiger partial charge in [0.05, 0.1) is 0 Å². The van der Waals surface area contributed by atoms with Gasteiger partial charge in [-0.05, 0) is 92.3 Å². The Morgan fingerprint density at radius 2 is 1.39 bits per heavy atom. The Kier molecular flexibility index (Phi) is 13.2. The lowest BCUT2D eigenvalue weighted by molar-refractivity contribution is -0.151. The predicted octanol–water partition coefficient (Wildman–Crippen LogP) is 12.1. The van der Waals surface area contributed by atoms with Gasteiger partial charge in [-0.25, -0.2) is 0 Å². The van der Waals surface area contributed by atoms with E-state index in [-0.39, 0.29) is 12.1 Å². The smallest absolute Gasteiger partial charge is 0.306 e. The average Bonchev–Trinajstić information content (AvgIpc) is 3.30. The van der Waals surface area contributed by atoms with E-state index < -0.39 is 0 Å². The molecule has 7 atom stereocenters. The van der Waals surface area contributed by atoms with Crippen molar-refractivity contribution in [3.63, 3.8) is 0 Å². The minimum Gasteiger partial charge on any atom is -0.462 e. The Labute approximate surface area is 255 Å². The van der Waals surface area contributed by atoms with E-state index in [0.29, 0.717) is 17.3 Å². The van der Waals surface area contributed by atoms with Gasteiger partial charge in [0.25, 0.3) is 0 Å². The summed E-state index contributed by atoms with van der Waals surface area (Å²) in [4.78, 5) is 12.7. The van der Waals surface area contributed by atoms with Gasteiger partial charge in [-0.2, -0.15) is 0 Å². The molecule has 0 N–H and O–H groups in total. The number of allylic oxidation sites excluding steroid dienone is 1. The molecular weight excluding hydrogens is 500 g/mol. The largest absolute Gasteiger partial charge is 0.462 e. The molecule has 0 radical (unpaired) electrons. The molecule has 4 rings (SSSR count). The van der Waals surface area contributed by atoms with E-state index in [9.17, 15) is 4.79 Å². The number of carbonyl (C=O) groups excluding carboxylic acids is 1. The molecule has 2 nitrogen and oxygen atoms in total. The second-order valence-electron chi connectivity index (χ2n) is 15.6. The Morgan fingerprint density at radius 1 is 0.756 bits per heavy atom. The highest BCUT2D eigenvalue weighted by atomic mass is 16.5. The van der Waals surface area contributed by atoms with Crippen molar-refractivity contribution >= 4 is 5.97 Å². The Morgan fingerprint density at radius 3 is 2.07 bits per heavy atom. The molecule has 0 spiro atoms. The molecule has 7 unspecified atom stereocenters. The first-order valence-corrected chi connectivity index (χ1v) is 18.8. The van der Waals surface area contributed by atoms with Crippen LogP contribution in [0.25, 0.3) is 0 Å². The lowest BCUT2D eigenvalue weighted by Crippen LogP contribution is -2.50. The van der Waals surface area contributed by atoms with Crippen molar-refractivity contribution in [3.8, 4) is 0 Å². The van der Waals surface area contributed by atoms with Crippen molar-refractivity contribution in [2.45, 2.75) is 194 Å². The number of hydrogen-bond acceptors (Lipinski definition) is 2. The molecule has 4 aliphatic carbocycles. The van der Waals surface area contributed by atoms with E-state index in [0.717, 1.165) is 42.9 Å². The average molecular weight is 569 g/mol. The first-order valence-electron chi connectivity index (χ1n) is 18.8. The Hall–Kier alpha value is -0.790. The third-order valence-electron chi connectivity index (χ3n) is 12.9. The maximum absolute atomic E-state index is 12.7. The van der Waals surface area contributed by atoms with E-state index in [1.807, 2.05) is 0 Å². The fraction of sp³-hybridized carbons (Fsp3) is 0.923. The highest BCUT2D eigenvalue weighted by Crippen LogP contribution is 2.66. The van der Waals surface area contributed by atoms with Crippen LogP contribution in [0, 0.1) is 34.5 Å². The summed E-state index contributed by atoms with van der Waals surface area (Å²) in [5.74, 6) is 3.72. The summed E-state index contributed by atoms with van der Waals surface area (Å²) in [5.41, 5.74) is 2.59. The summed E-state index contributed by atoms with van der Waals surface area (Å²) >= 11 is 0. The van der Waals surface area contributed by atoms with Gasteiger partial charge in [-0.1, -0.05) is 129 Å². The van der Waals surface area contributed by atoms with Crippen LogP contribution >= 0.6 is 0 Å². The number of fused-ring (bicyclic) bond motifs is 5. The molecule has 3 fully saturated rings. The minimum absolute atomic E-state index is 0.0617. The molecule has 236 valence electrons. The molecular formula is C39H68O2. The minimum atomic E-state index is 0.0617. The molecule has 0 aromatic rings. The molecule has 0 aromatic heterocycles. The van der Waals surface area contributed by atoms with Crippen LogP contribution in [0.4, 0.5) is 0 Å². The van der Waals surface area contributed by atoms with Gasteiger partial charge in [-0.3, -0.25) is 4.79 Å². The second-order valence-corrected chi connectivity index (χ2v) is 15.6. The number of esters is 1. The molecule has 0 saturated heterocycles. The molecule has 0 aliphatic heterocycles. The zero-order valence-corrected chi connectivity index (χ0v) is 28.0. The van der Waals surface area contributed by atoms with Crippen LogP contribution in [-0.4, -0.2) is 12.1 Å². The summed E-state index contributed by atoms with van der Waals surface area (Å²) < 4.78 is 6.08. The lowest BCUT2D eigenvalue weighted by Gasteiger charge is -2.58. The van der Waals surface area contributed by atoms with Gasteiger partial charge in [0.2, 0.25) is 0 Å². The topological polar surface area (TPSA) is 26.3 Å². The summed E-state index contributed by atoms with van der Waals surface area (Å²) in [6.07, 6.45) is 35.5. The molecule has 0 aromatic carbocycles. The standard InChI is InChI=1S/C39H68O2/c1-5-7-9-11-13-14-15-17-19-21-37(40)41-33-26-28-39(4)32(30-33)22-24-34-35-25-23-31(20-18-16-12-10-8-6-2)38(35,3)29-27-36(34)39/h22,31,33-36H,5-21,23-30H2,1-4H3. The van der Waals surface area contributed by atoms with Gasteiger partial charge in [0.15, 0.2) is 0 Å². The molecule has 0 heterocycles. The van der Waals surface area contributed by atoms with Crippen LogP contribution in [0.15, 0.2) is 11.6 Å². The highest BCUT2D eigenvalue weighted by Gasteiger charge is 2.58. The van der Waals surface area contributed by atoms with Gasteiger partial charge < -0.3 is 4.74 Å². The fourth-order valence-electron chi connectivity index (χ4n) is 10.3. The lowest BCUT2D eigenvalue weighted by atomic mass is 9.47. The quantitative estimate of drug-likeness (QED) is 0.0933. The van der Waals surface area contributed by atoms with Gasteiger partial charge in [-0.15, -0.1) is 0 Å². The number of hydrogen-bond donors (Lipinski definition) is 0. The summed E-state index contributed by atoms with van der Waals surface area (Å²) in [7, 11) is 0. The third-order valence-corrected chi connectivity index (χ3v) is 12.9. The van der Waals surface area contributed by atoms with Crippen molar-refractivity contribution in [2.75, 3.05) is 0 Å². The van der Waals surface area contributed by atoms with E-state index in [4.69, 9.17) is 4.74 Å². The zero-order chi connectivity index (χ0) is 29.1. The van der Waals surface area contributed by atoms with Gasteiger partial charge in [0, 0.05) is 12.8 Å². The zero-order valence-electron chi connectivity index (χ0n) is 28.0. The van der Waals surface area contributed by atoms with Crippen molar-refractivity contribution < 1.29 is 9.53 Å². The maximum atomic E-state index is 12.7. The van der Waals surface area contributed by atoms with E-state index in [1.54, 1.807) is 5.57 Å². The first kappa shape index (κ1) is 33.1. The van der Waals surface area contributed by atoms with Crippen LogP contribution < -0.4 is 0 Å². The summed E-state index contributed by atoms with van der Waals surface area (Å²) in [5, 5.41) is 0. The van der Waals surface area contributed by atoms with Crippen molar-refractivity contribution in [1.29, 1.82) is 0 Å². The SMILES string of the molecule is CCCCCCCCCCCC(=O)OC1CCC2(C)C(=CCC3C2CCC2(C)C(CCCCCCCC)CCC32)C1. The normalized spacial score (nSPS) is 34.4. The maximum Gasteiger partial charge on any atom is 0.306 e. The molecule has 0 bridgehead atoms. The van der Waals surface area contributed by atoms with Gasteiger partial charge >= 0.3 is 5.97 Å². The number of rotatable bonds is 18. The predicted molar refractivity (Wildman–Crippen MR) is 175 cm³/mol. The molecule has 41 heavy (non-hydrogen) atoms. The van der Waals surface area contributed by atoms with Crippen molar-refractivity contribution in [3.05, 3.63) is 11.6 Å². The van der Waals surface area contributed by atoms with Crippen LogP contribution in [0.5, 0.6) is 0 Å². The van der Waals surface area contributed by atoms with E-state index in [2.05, 4.69) is 33.8 Å². The van der Waals surface area contributed by atoms with Crippen LogP contribution in [0.2, 0.25) is 0 Å². The summed E-state index contributed by atoms with van der Waals surface area (Å²) in [6, 6.07) is 0. The Balaban J connectivity index is 1.20. The number of ether oxygens (including phenoxy) is 1. The van der Waals surface area contributed by atoms with Crippen LogP contribution in [-0.2, 0) is 9.53 Å². The highest BCUT2D eigenvalue weighted by molar-refractivity contribution is 5.69. The van der Waals surface area contributed by atoms with Crippen LogP contribution in [0.3, 0.4) is 0 Å². The molecule has 4 aliphatic rings. The van der Waals surface area contributed by atoms with E-state index in [1.165, 1.54) is 135 Å². The first-order chi connectivity index (χ1) is 19.9.